The first-order valence-electron chi connectivity index (χ1n) is 6.44. The number of aliphatic hydroxyl groups excluding tert-OH is 1. The van der Waals surface area contributed by atoms with Crippen LogP contribution in [0.5, 0.6) is 5.75 Å². The van der Waals surface area contributed by atoms with Crippen molar-refractivity contribution < 1.29 is 10.2 Å². The third-order valence-corrected chi connectivity index (χ3v) is 3.31. The Kier molecular flexibility index (Phi) is 4.55. The number of nitrogens with two attached hydrogens (primary N) is 1. The van der Waals surface area contributed by atoms with E-state index in [0.29, 0.717) is 6.54 Å². The van der Waals surface area contributed by atoms with Crippen LogP contribution < -0.4 is 5.73 Å². The van der Waals surface area contributed by atoms with Gasteiger partial charge in [-0.25, -0.2) is 0 Å². The summed E-state index contributed by atoms with van der Waals surface area (Å²) in [5.41, 5.74) is 8.44. The number of phenols is 1. The molecule has 2 rings (SSSR count). The molecule has 2 aromatic rings. The van der Waals surface area contributed by atoms with E-state index in [1.165, 1.54) is 0 Å². The van der Waals surface area contributed by atoms with Crippen LogP contribution in [-0.4, -0.2) is 16.8 Å². The van der Waals surface area contributed by atoms with E-state index in [4.69, 9.17) is 5.73 Å². The number of rotatable bonds is 5. The van der Waals surface area contributed by atoms with Crippen molar-refractivity contribution in [2.75, 3.05) is 6.54 Å². The SMILES string of the molecule is NCC[C@H](c1ccccc1)c1cc(CO)ccc1O. The molecule has 0 aromatic heterocycles. The van der Waals surface area contributed by atoms with Crippen LogP contribution in [-0.2, 0) is 6.61 Å². The van der Waals surface area contributed by atoms with Crippen LogP contribution in [0.1, 0.15) is 29.0 Å². The topological polar surface area (TPSA) is 66.5 Å². The molecule has 1 atom stereocenters. The zero-order valence-electron chi connectivity index (χ0n) is 10.8. The van der Waals surface area contributed by atoms with Crippen molar-refractivity contribution >= 4 is 0 Å². The third kappa shape index (κ3) is 3.13. The van der Waals surface area contributed by atoms with Gasteiger partial charge in [-0.15, -0.1) is 0 Å². The molecule has 100 valence electrons. The summed E-state index contributed by atoms with van der Waals surface area (Å²) in [5.74, 6) is 0.303. The Morgan fingerprint density at radius 2 is 1.79 bits per heavy atom. The summed E-state index contributed by atoms with van der Waals surface area (Å²) in [5, 5.41) is 19.3. The highest BCUT2D eigenvalue weighted by Gasteiger charge is 2.17. The molecule has 0 saturated carbocycles. The van der Waals surface area contributed by atoms with Gasteiger partial charge < -0.3 is 15.9 Å². The fourth-order valence-electron chi connectivity index (χ4n) is 2.34. The Morgan fingerprint density at radius 3 is 2.42 bits per heavy atom. The van der Waals surface area contributed by atoms with Gasteiger partial charge in [-0.3, -0.25) is 0 Å². The molecule has 0 aliphatic heterocycles. The predicted octanol–water partition coefficient (Wildman–Crippen LogP) is 2.37. The van der Waals surface area contributed by atoms with E-state index in [2.05, 4.69) is 0 Å². The number of benzene rings is 2. The quantitative estimate of drug-likeness (QED) is 0.770. The minimum absolute atomic E-state index is 0.0303. The summed E-state index contributed by atoms with van der Waals surface area (Å²) in [6.45, 7) is 0.514. The molecule has 2 aromatic carbocycles. The number of aliphatic hydroxyl groups is 1. The number of phenolic OH excluding ortho intramolecular Hbond substituents is 1. The first-order chi connectivity index (χ1) is 9.26. The Hall–Kier alpha value is -1.84. The molecular formula is C16H19NO2. The summed E-state index contributed by atoms with van der Waals surface area (Å²) in [6, 6.07) is 15.2. The van der Waals surface area contributed by atoms with Gasteiger partial charge in [0, 0.05) is 11.5 Å². The highest BCUT2D eigenvalue weighted by molar-refractivity contribution is 5.43. The lowest BCUT2D eigenvalue weighted by molar-refractivity contribution is 0.281. The van der Waals surface area contributed by atoms with E-state index >= 15 is 0 Å². The van der Waals surface area contributed by atoms with Crippen molar-refractivity contribution in [3.63, 3.8) is 0 Å². The Labute approximate surface area is 113 Å². The molecule has 0 spiro atoms. The Bertz CT molecular complexity index is 526. The molecule has 0 aliphatic carbocycles. The number of hydrogen-bond acceptors (Lipinski definition) is 3. The average molecular weight is 257 g/mol. The summed E-state index contributed by atoms with van der Waals surface area (Å²) >= 11 is 0. The van der Waals surface area contributed by atoms with Crippen molar-refractivity contribution in [3.8, 4) is 5.75 Å². The highest BCUT2D eigenvalue weighted by atomic mass is 16.3. The maximum atomic E-state index is 10.1. The smallest absolute Gasteiger partial charge is 0.119 e. The number of aromatic hydroxyl groups is 1. The van der Waals surface area contributed by atoms with E-state index in [9.17, 15) is 10.2 Å². The second kappa shape index (κ2) is 6.36. The second-order valence-corrected chi connectivity index (χ2v) is 4.59. The van der Waals surface area contributed by atoms with Crippen LogP contribution in [0.4, 0.5) is 0 Å². The van der Waals surface area contributed by atoms with Gasteiger partial charge >= 0.3 is 0 Å². The standard InChI is InChI=1S/C16H19NO2/c17-9-8-14(13-4-2-1-3-5-13)15-10-12(11-18)6-7-16(15)19/h1-7,10,14,18-19H,8-9,11,17H2/t14-/m1/s1. The van der Waals surface area contributed by atoms with Crippen molar-refractivity contribution in [1.29, 1.82) is 0 Å². The van der Waals surface area contributed by atoms with Gasteiger partial charge in [0.25, 0.3) is 0 Å². The molecule has 0 radical (unpaired) electrons. The van der Waals surface area contributed by atoms with Gasteiger partial charge in [0.1, 0.15) is 5.75 Å². The maximum absolute atomic E-state index is 10.1. The fraction of sp³-hybridized carbons (Fsp3) is 0.250. The molecule has 4 N–H and O–H groups in total. The molecule has 19 heavy (non-hydrogen) atoms. The molecule has 0 fully saturated rings. The second-order valence-electron chi connectivity index (χ2n) is 4.59. The van der Waals surface area contributed by atoms with Gasteiger partial charge in [0.2, 0.25) is 0 Å². The van der Waals surface area contributed by atoms with Crippen molar-refractivity contribution in [1.82, 2.24) is 0 Å². The van der Waals surface area contributed by atoms with Crippen LogP contribution in [0.2, 0.25) is 0 Å². The molecule has 0 bridgehead atoms. The molecule has 0 unspecified atom stereocenters. The molecular weight excluding hydrogens is 238 g/mol. The Balaban J connectivity index is 2.44. The summed E-state index contributed by atoms with van der Waals surface area (Å²) in [6.07, 6.45) is 0.756. The predicted molar refractivity (Wildman–Crippen MR) is 76.0 cm³/mol. The molecule has 0 saturated heterocycles. The number of hydrogen-bond donors (Lipinski definition) is 3. The third-order valence-electron chi connectivity index (χ3n) is 3.31. The van der Waals surface area contributed by atoms with E-state index in [-0.39, 0.29) is 18.3 Å². The lowest BCUT2D eigenvalue weighted by Crippen LogP contribution is -2.09. The Morgan fingerprint density at radius 1 is 1.05 bits per heavy atom. The summed E-state index contributed by atoms with van der Waals surface area (Å²) in [4.78, 5) is 0. The van der Waals surface area contributed by atoms with E-state index in [1.54, 1.807) is 12.1 Å². The minimum atomic E-state index is -0.0303. The van der Waals surface area contributed by atoms with E-state index in [1.807, 2.05) is 36.4 Å². The lowest BCUT2D eigenvalue weighted by atomic mass is 9.87. The zero-order chi connectivity index (χ0) is 13.7. The van der Waals surface area contributed by atoms with Gasteiger partial charge in [-0.2, -0.15) is 0 Å². The van der Waals surface area contributed by atoms with Crippen molar-refractivity contribution in [2.24, 2.45) is 5.73 Å². The van der Waals surface area contributed by atoms with Crippen molar-refractivity contribution in [2.45, 2.75) is 18.9 Å². The lowest BCUT2D eigenvalue weighted by Gasteiger charge is -2.19. The molecule has 0 aliphatic rings. The normalized spacial score (nSPS) is 12.3. The largest absolute Gasteiger partial charge is 0.508 e. The highest BCUT2D eigenvalue weighted by Crippen LogP contribution is 2.34. The van der Waals surface area contributed by atoms with Gasteiger partial charge in [-0.05, 0) is 36.2 Å². The summed E-state index contributed by atoms with van der Waals surface area (Å²) < 4.78 is 0. The van der Waals surface area contributed by atoms with Crippen LogP contribution in [0, 0.1) is 0 Å². The van der Waals surface area contributed by atoms with Gasteiger partial charge in [-0.1, -0.05) is 36.4 Å². The molecule has 3 heteroatoms. The van der Waals surface area contributed by atoms with Gasteiger partial charge in [0.15, 0.2) is 0 Å². The van der Waals surface area contributed by atoms with Crippen molar-refractivity contribution in [3.05, 3.63) is 65.2 Å². The zero-order valence-corrected chi connectivity index (χ0v) is 10.8. The molecule has 0 amide bonds. The summed E-state index contributed by atoms with van der Waals surface area (Å²) in [7, 11) is 0. The van der Waals surface area contributed by atoms with Gasteiger partial charge in [0.05, 0.1) is 6.61 Å². The first kappa shape index (κ1) is 13.6. The van der Waals surface area contributed by atoms with E-state index in [0.717, 1.165) is 23.1 Å². The maximum Gasteiger partial charge on any atom is 0.119 e. The monoisotopic (exact) mass is 257 g/mol. The van der Waals surface area contributed by atoms with Crippen LogP contribution in [0.3, 0.4) is 0 Å². The van der Waals surface area contributed by atoms with Crippen LogP contribution >= 0.6 is 0 Å². The first-order valence-corrected chi connectivity index (χ1v) is 6.44. The van der Waals surface area contributed by atoms with Crippen LogP contribution in [0.25, 0.3) is 0 Å². The average Bonchev–Trinajstić information content (AvgIpc) is 2.47. The molecule has 0 heterocycles. The minimum Gasteiger partial charge on any atom is -0.508 e. The van der Waals surface area contributed by atoms with E-state index < -0.39 is 0 Å². The fourth-order valence-corrected chi connectivity index (χ4v) is 2.34. The molecule has 3 nitrogen and oxygen atoms in total. The van der Waals surface area contributed by atoms with Crippen LogP contribution in [0.15, 0.2) is 48.5 Å².